The summed E-state index contributed by atoms with van der Waals surface area (Å²) in [7, 11) is 0. The van der Waals surface area contributed by atoms with Crippen LogP contribution in [0.25, 0.3) is 0 Å². The Labute approximate surface area is 89.0 Å². The molecule has 1 rings (SSSR count). The van der Waals surface area contributed by atoms with Crippen molar-refractivity contribution in [2.24, 2.45) is 17.1 Å². The van der Waals surface area contributed by atoms with Crippen LogP contribution in [0.3, 0.4) is 0 Å². The van der Waals surface area contributed by atoms with E-state index in [1.165, 1.54) is 0 Å². The summed E-state index contributed by atoms with van der Waals surface area (Å²) >= 11 is 0. The Morgan fingerprint density at radius 2 is 1.31 bits per heavy atom. The Bertz CT molecular complexity index is 223. The summed E-state index contributed by atoms with van der Waals surface area (Å²) in [6.45, 7) is -0.573. The van der Waals surface area contributed by atoms with Crippen LogP contribution in [0.4, 0.5) is 26.3 Å². The molecule has 1 nitrogen and oxygen atoms in total. The average molecular weight is 249 g/mol. The van der Waals surface area contributed by atoms with Gasteiger partial charge in [0, 0.05) is 5.41 Å². The van der Waals surface area contributed by atoms with Gasteiger partial charge in [0.2, 0.25) is 0 Å². The molecular formula is C9H13F6N. The van der Waals surface area contributed by atoms with E-state index in [1.807, 2.05) is 0 Å². The maximum atomic E-state index is 12.5. The van der Waals surface area contributed by atoms with E-state index < -0.39 is 30.2 Å². The van der Waals surface area contributed by atoms with Crippen molar-refractivity contribution >= 4 is 0 Å². The van der Waals surface area contributed by atoms with E-state index >= 15 is 0 Å². The topological polar surface area (TPSA) is 26.0 Å². The van der Waals surface area contributed by atoms with Crippen LogP contribution in [-0.2, 0) is 0 Å². The van der Waals surface area contributed by atoms with Crippen molar-refractivity contribution in [2.45, 2.75) is 38.0 Å². The molecule has 0 heterocycles. The zero-order valence-electron chi connectivity index (χ0n) is 8.46. The number of hydrogen-bond donors (Lipinski definition) is 1. The van der Waals surface area contributed by atoms with Gasteiger partial charge in [0.05, 0.1) is 0 Å². The van der Waals surface area contributed by atoms with E-state index in [0.29, 0.717) is 12.8 Å². The van der Waals surface area contributed by atoms with Gasteiger partial charge in [-0.1, -0.05) is 12.8 Å². The van der Waals surface area contributed by atoms with Crippen molar-refractivity contribution in [2.75, 3.05) is 6.54 Å². The van der Waals surface area contributed by atoms with Crippen molar-refractivity contribution in [3.63, 3.8) is 0 Å². The molecular weight excluding hydrogens is 236 g/mol. The zero-order chi connectivity index (χ0) is 12.6. The maximum Gasteiger partial charge on any atom is 0.401 e. The molecule has 0 aromatic heterocycles. The first-order valence-corrected chi connectivity index (χ1v) is 4.97. The van der Waals surface area contributed by atoms with Gasteiger partial charge in [-0.3, -0.25) is 0 Å². The molecule has 0 amide bonds. The number of halogens is 6. The molecule has 0 aliphatic heterocycles. The largest absolute Gasteiger partial charge is 0.401 e. The fourth-order valence-corrected chi connectivity index (χ4v) is 2.57. The minimum atomic E-state index is -5.28. The molecule has 0 unspecified atom stereocenters. The fraction of sp³-hybridized carbons (Fsp3) is 1.00. The van der Waals surface area contributed by atoms with E-state index in [-0.39, 0.29) is 12.8 Å². The van der Waals surface area contributed by atoms with Crippen molar-refractivity contribution in [1.29, 1.82) is 0 Å². The van der Waals surface area contributed by atoms with Crippen LogP contribution in [0, 0.1) is 11.3 Å². The van der Waals surface area contributed by atoms with E-state index in [9.17, 15) is 26.3 Å². The van der Waals surface area contributed by atoms with E-state index in [0.717, 1.165) is 0 Å². The zero-order valence-corrected chi connectivity index (χ0v) is 8.46. The Morgan fingerprint density at radius 3 is 1.56 bits per heavy atom. The highest BCUT2D eigenvalue weighted by molar-refractivity contribution is 4.97. The van der Waals surface area contributed by atoms with Gasteiger partial charge < -0.3 is 5.73 Å². The fourth-order valence-electron chi connectivity index (χ4n) is 2.57. The summed E-state index contributed by atoms with van der Waals surface area (Å²) in [6.07, 6.45) is -10.0. The molecule has 96 valence electrons. The van der Waals surface area contributed by atoms with Gasteiger partial charge in [-0.05, 0) is 19.4 Å². The number of alkyl halides is 6. The normalized spacial score (nSPS) is 21.8. The van der Waals surface area contributed by atoms with Gasteiger partial charge in [0.25, 0.3) is 0 Å². The molecule has 16 heavy (non-hydrogen) atoms. The molecule has 1 fully saturated rings. The standard InChI is InChI=1S/C9H13F6N/c10-8(11,12)6(9(13,14)15)7(5-16)3-1-2-4-7/h6H,1-5,16H2. The highest BCUT2D eigenvalue weighted by Gasteiger charge is 2.65. The third kappa shape index (κ3) is 2.44. The van der Waals surface area contributed by atoms with Gasteiger partial charge >= 0.3 is 12.4 Å². The highest BCUT2D eigenvalue weighted by Crippen LogP contribution is 2.55. The Balaban J connectivity index is 3.09. The average Bonchev–Trinajstić information content (AvgIpc) is 2.48. The maximum absolute atomic E-state index is 12.5. The van der Waals surface area contributed by atoms with Crippen molar-refractivity contribution in [3.05, 3.63) is 0 Å². The monoisotopic (exact) mass is 249 g/mol. The van der Waals surface area contributed by atoms with Gasteiger partial charge in [0.1, 0.15) is 0 Å². The summed E-state index contributed by atoms with van der Waals surface area (Å²) in [5, 5.41) is 0. The summed E-state index contributed by atoms with van der Waals surface area (Å²) in [5.74, 6) is -3.29. The van der Waals surface area contributed by atoms with Crippen LogP contribution >= 0.6 is 0 Å². The molecule has 2 N–H and O–H groups in total. The second-order valence-electron chi connectivity index (χ2n) is 4.29. The predicted molar refractivity (Wildman–Crippen MR) is 45.6 cm³/mol. The summed E-state index contributed by atoms with van der Waals surface area (Å²) < 4.78 is 75.1. The van der Waals surface area contributed by atoms with Crippen LogP contribution < -0.4 is 5.73 Å². The number of rotatable bonds is 2. The molecule has 0 spiro atoms. The lowest BCUT2D eigenvalue weighted by Gasteiger charge is -2.38. The van der Waals surface area contributed by atoms with Crippen LogP contribution in [0.1, 0.15) is 25.7 Å². The summed E-state index contributed by atoms with van der Waals surface area (Å²) in [4.78, 5) is 0. The molecule has 1 saturated carbocycles. The van der Waals surface area contributed by atoms with E-state index in [4.69, 9.17) is 5.73 Å². The first-order valence-electron chi connectivity index (χ1n) is 4.97. The molecule has 0 saturated heterocycles. The van der Waals surface area contributed by atoms with Crippen molar-refractivity contribution < 1.29 is 26.3 Å². The van der Waals surface area contributed by atoms with Crippen LogP contribution in [-0.4, -0.2) is 18.9 Å². The molecule has 0 aromatic carbocycles. The molecule has 0 aromatic rings. The van der Waals surface area contributed by atoms with Gasteiger partial charge in [-0.2, -0.15) is 26.3 Å². The quantitative estimate of drug-likeness (QED) is 0.747. The van der Waals surface area contributed by atoms with Crippen molar-refractivity contribution in [3.8, 4) is 0 Å². The first kappa shape index (κ1) is 13.6. The molecule has 7 heteroatoms. The van der Waals surface area contributed by atoms with Gasteiger partial charge in [-0.15, -0.1) is 0 Å². The predicted octanol–water partition coefficient (Wildman–Crippen LogP) is 3.25. The second kappa shape index (κ2) is 4.09. The Kier molecular flexibility index (Phi) is 3.47. The van der Waals surface area contributed by atoms with Gasteiger partial charge in [0.15, 0.2) is 5.92 Å². The van der Waals surface area contributed by atoms with Crippen molar-refractivity contribution in [1.82, 2.24) is 0 Å². The SMILES string of the molecule is NCC1(C(C(F)(F)F)C(F)(F)F)CCCC1. The van der Waals surface area contributed by atoms with Crippen LogP contribution in [0.5, 0.6) is 0 Å². The number of nitrogens with two attached hydrogens (primary N) is 1. The molecule has 0 radical (unpaired) electrons. The molecule has 1 aliphatic rings. The molecule has 0 atom stereocenters. The number of hydrogen-bond acceptors (Lipinski definition) is 1. The lowest BCUT2D eigenvalue weighted by atomic mass is 9.73. The lowest BCUT2D eigenvalue weighted by Crippen LogP contribution is -2.51. The smallest absolute Gasteiger partial charge is 0.330 e. The second-order valence-corrected chi connectivity index (χ2v) is 4.29. The minimum absolute atomic E-state index is 0.104. The first-order chi connectivity index (χ1) is 7.13. The Hall–Kier alpha value is -0.460. The van der Waals surface area contributed by atoms with Crippen LogP contribution in [0.2, 0.25) is 0 Å². The highest BCUT2D eigenvalue weighted by atomic mass is 19.4. The molecule has 0 bridgehead atoms. The van der Waals surface area contributed by atoms with E-state index in [1.54, 1.807) is 0 Å². The summed E-state index contributed by atoms with van der Waals surface area (Å²) in [5.41, 5.74) is 3.31. The lowest BCUT2D eigenvalue weighted by molar-refractivity contribution is -0.314. The Morgan fingerprint density at radius 1 is 0.938 bits per heavy atom. The van der Waals surface area contributed by atoms with E-state index in [2.05, 4.69) is 0 Å². The summed E-state index contributed by atoms with van der Waals surface area (Å²) in [6, 6.07) is 0. The van der Waals surface area contributed by atoms with Gasteiger partial charge in [-0.25, -0.2) is 0 Å². The third-order valence-electron chi connectivity index (χ3n) is 3.27. The molecule has 1 aliphatic carbocycles. The van der Waals surface area contributed by atoms with Crippen LogP contribution in [0.15, 0.2) is 0 Å². The third-order valence-corrected chi connectivity index (χ3v) is 3.27. The minimum Gasteiger partial charge on any atom is -0.330 e.